The standard InChI is InChI=1S/C9H16N2O2/c1-6(2)7(12)8(13)9-10-4-5-11(9)3/h4-8,12-13H,1-3H3. The Labute approximate surface area is 77.8 Å². The number of hydrogen-bond donors (Lipinski definition) is 2. The summed E-state index contributed by atoms with van der Waals surface area (Å²) in [5.74, 6) is 0.521. The molecule has 4 nitrogen and oxygen atoms in total. The van der Waals surface area contributed by atoms with Gasteiger partial charge in [-0.1, -0.05) is 13.8 Å². The van der Waals surface area contributed by atoms with Crippen LogP contribution < -0.4 is 0 Å². The van der Waals surface area contributed by atoms with Crippen molar-refractivity contribution in [1.82, 2.24) is 9.55 Å². The van der Waals surface area contributed by atoms with Crippen LogP contribution in [0, 0.1) is 5.92 Å². The van der Waals surface area contributed by atoms with E-state index in [0.29, 0.717) is 5.82 Å². The summed E-state index contributed by atoms with van der Waals surface area (Å²) in [5.41, 5.74) is 0. The van der Waals surface area contributed by atoms with Crippen LogP contribution in [0.3, 0.4) is 0 Å². The van der Waals surface area contributed by atoms with Gasteiger partial charge in [0.25, 0.3) is 0 Å². The van der Waals surface area contributed by atoms with Gasteiger partial charge in [0.15, 0.2) is 0 Å². The van der Waals surface area contributed by atoms with Crippen LogP contribution in [0.25, 0.3) is 0 Å². The molecular weight excluding hydrogens is 168 g/mol. The molecule has 0 amide bonds. The van der Waals surface area contributed by atoms with E-state index in [0.717, 1.165) is 0 Å². The molecule has 2 atom stereocenters. The van der Waals surface area contributed by atoms with Gasteiger partial charge in [0.1, 0.15) is 11.9 Å². The maximum atomic E-state index is 9.70. The molecule has 1 aromatic heterocycles. The molecule has 0 saturated carbocycles. The van der Waals surface area contributed by atoms with E-state index in [4.69, 9.17) is 0 Å². The van der Waals surface area contributed by atoms with Gasteiger partial charge in [-0.05, 0) is 5.92 Å². The molecule has 1 heterocycles. The van der Waals surface area contributed by atoms with Crippen LogP contribution in [0.1, 0.15) is 25.8 Å². The highest BCUT2D eigenvalue weighted by molar-refractivity contribution is 4.98. The molecule has 0 aliphatic rings. The second-order valence-corrected chi connectivity index (χ2v) is 3.58. The van der Waals surface area contributed by atoms with Crippen LogP contribution in [0.2, 0.25) is 0 Å². The van der Waals surface area contributed by atoms with E-state index in [-0.39, 0.29) is 5.92 Å². The van der Waals surface area contributed by atoms with Gasteiger partial charge in [0.2, 0.25) is 0 Å². The molecule has 1 aromatic rings. The minimum atomic E-state index is -0.903. The van der Waals surface area contributed by atoms with Crippen LogP contribution in [-0.4, -0.2) is 25.9 Å². The lowest BCUT2D eigenvalue weighted by Crippen LogP contribution is -2.26. The fraction of sp³-hybridized carbons (Fsp3) is 0.667. The molecule has 0 radical (unpaired) electrons. The van der Waals surface area contributed by atoms with E-state index >= 15 is 0 Å². The average molecular weight is 184 g/mol. The van der Waals surface area contributed by atoms with Crippen molar-refractivity contribution in [3.8, 4) is 0 Å². The third-order valence-electron chi connectivity index (χ3n) is 2.13. The van der Waals surface area contributed by atoms with E-state index in [9.17, 15) is 10.2 Å². The van der Waals surface area contributed by atoms with Gasteiger partial charge in [0.05, 0.1) is 6.10 Å². The zero-order valence-electron chi connectivity index (χ0n) is 8.18. The quantitative estimate of drug-likeness (QED) is 0.718. The molecule has 0 aromatic carbocycles. The molecule has 0 bridgehead atoms. The first-order valence-corrected chi connectivity index (χ1v) is 4.37. The molecule has 0 fully saturated rings. The first kappa shape index (κ1) is 10.2. The Hall–Kier alpha value is -0.870. The Morgan fingerprint density at radius 1 is 1.38 bits per heavy atom. The molecule has 0 spiro atoms. The highest BCUT2D eigenvalue weighted by Gasteiger charge is 2.24. The second-order valence-electron chi connectivity index (χ2n) is 3.58. The third kappa shape index (κ3) is 2.08. The molecule has 74 valence electrons. The molecule has 2 unspecified atom stereocenters. The fourth-order valence-electron chi connectivity index (χ4n) is 1.18. The zero-order valence-corrected chi connectivity index (χ0v) is 8.18. The maximum Gasteiger partial charge on any atom is 0.140 e. The lowest BCUT2D eigenvalue weighted by molar-refractivity contribution is -0.0154. The van der Waals surface area contributed by atoms with Crippen molar-refractivity contribution in [3.05, 3.63) is 18.2 Å². The molecule has 2 N–H and O–H groups in total. The second kappa shape index (κ2) is 3.89. The molecule has 4 heteroatoms. The van der Waals surface area contributed by atoms with Crippen molar-refractivity contribution in [2.24, 2.45) is 13.0 Å². The van der Waals surface area contributed by atoms with Gasteiger partial charge in [-0.25, -0.2) is 4.98 Å². The van der Waals surface area contributed by atoms with Gasteiger partial charge < -0.3 is 14.8 Å². The summed E-state index contributed by atoms with van der Waals surface area (Å²) in [4.78, 5) is 3.97. The molecular formula is C9H16N2O2. The number of aliphatic hydroxyl groups excluding tert-OH is 2. The van der Waals surface area contributed by atoms with Gasteiger partial charge in [-0.15, -0.1) is 0 Å². The molecule has 0 saturated heterocycles. The maximum absolute atomic E-state index is 9.70. The summed E-state index contributed by atoms with van der Waals surface area (Å²) in [6.45, 7) is 3.72. The summed E-state index contributed by atoms with van der Waals surface area (Å²) in [6, 6.07) is 0. The number of aryl methyl sites for hydroxylation is 1. The van der Waals surface area contributed by atoms with Gasteiger partial charge >= 0.3 is 0 Å². The van der Waals surface area contributed by atoms with Crippen LogP contribution in [0.15, 0.2) is 12.4 Å². The Bertz CT molecular complexity index is 270. The van der Waals surface area contributed by atoms with Gasteiger partial charge in [0, 0.05) is 19.4 Å². The number of hydrogen-bond acceptors (Lipinski definition) is 3. The van der Waals surface area contributed by atoms with E-state index in [1.165, 1.54) is 0 Å². The number of nitrogens with zero attached hydrogens (tertiary/aromatic N) is 2. The Morgan fingerprint density at radius 2 is 2.00 bits per heavy atom. The number of imidazole rings is 1. The monoisotopic (exact) mass is 184 g/mol. The van der Waals surface area contributed by atoms with E-state index in [1.54, 1.807) is 24.0 Å². The third-order valence-corrected chi connectivity index (χ3v) is 2.13. The molecule has 1 rings (SSSR count). The van der Waals surface area contributed by atoms with E-state index < -0.39 is 12.2 Å². The summed E-state index contributed by atoms with van der Waals surface area (Å²) in [7, 11) is 1.79. The van der Waals surface area contributed by atoms with Crippen LogP contribution in [0.5, 0.6) is 0 Å². The summed E-state index contributed by atoms with van der Waals surface area (Å²) < 4.78 is 1.70. The van der Waals surface area contributed by atoms with Gasteiger partial charge in [-0.3, -0.25) is 0 Å². The van der Waals surface area contributed by atoms with Crippen LogP contribution in [-0.2, 0) is 7.05 Å². The van der Waals surface area contributed by atoms with Crippen molar-refractivity contribution < 1.29 is 10.2 Å². The first-order chi connectivity index (χ1) is 6.04. The van der Waals surface area contributed by atoms with E-state index in [2.05, 4.69) is 4.98 Å². The number of aromatic nitrogens is 2. The lowest BCUT2D eigenvalue weighted by atomic mass is 10.0. The molecule has 13 heavy (non-hydrogen) atoms. The molecule has 0 aliphatic carbocycles. The average Bonchev–Trinajstić information content (AvgIpc) is 2.48. The summed E-state index contributed by atoms with van der Waals surface area (Å²) in [6.07, 6.45) is 1.68. The first-order valence-electron chi connectivity index (χ1n) is 4.37. The van der Waals surface area contributed by atoms with Crippen molar-refractivity contribution in [2.75, 3.05) is 0 Å². The number of aliphatic hydroxyl groups is 2. The number of rotatable bonds is 3. The topological polar surface area (TPSA) is 58.3 Å². The van der Waals surface area contributed by atoms with Crippen molar-refractivity contribution in [1.29, 1.82) is 0 Å². The summed E-state index contributed by atoms with van der Waals surface area (Å²) >= 11 is 0. The predicted molar refractivity (Wildman–Crippen MR) is 49.0 cm³/mol. The van der Waals surface area contributed by atoms with Crippen molar-refractivity contribution in [2.45, 2.75) is 26.1 Å². The fourth-order valence-corrected chi connectivity index (χ4v) is 1.18. The molecule has 0 aliphatic heterocycles. The highest BCUT2D eigenvalue weighted by atomic mass is 16.3. The van der Waals surface area contributed by atoms with Crippen LogP contribution >= 0.6 is 0 Å². The minimum Gasteiger partial charge on any atom is -0.390 e. The normalized spacial score (nSPS) is 16.2. The minimum absolute atomic E-state index is 0.0201. The van der Waals surface area contributed by atoms with Crippen LogP contribution in [0.4, 0.5) is 0 Å². The largest absolute Gasteiger partial charge is 0.390 e. The predicted octanol–water partition coefficient (Wildman–Crippen LogP) is 0.470. The summed E-state index contributed by atoms with van der Waals surface area (Å²) in [5, 5.41) is 19.3. The van der Waals surface area contributed by atoms with Crippen molar-refractivity contribution in [3.63, 3.8) is 0 Å². The highest BCUT2D eigenvalue weighted by Crippen LogP contribution is 2.19. The Balaban J connectivity index is 2.79. The lowest BCUT2D eigenvalue weighted by Gasteiger charge is -2.20. The smallest absolute Gasteiger partial charge is 0.140 e. The van der Waals surface area contributed by atoms with E-state index in [1.807, 2.05) is 13.8 Å². The zero-order chi connectivity index (χ0) is 10.0. The van der Waals surface area contributed by atoms with Gasteiger partial charge in [-0.2, -0.15) is 0 Å². The van der Waals surface area contributed by atoms with Crippen molar-refractivity contribution >= 4 is 0 Å². The Kier molecular flexibility index (Phi) is 3.06. The SMILES string of the molecule is CC(C)C(O)C(O)c1nccn1C. The Morgan fingerprint density at radius 3 is 2.38 bits per heavy atom.